The van der Waals surface area contributed by atoms with Crippen LogP contribution < -0.4 is 15.6 Å². The number of nitrogens with zero attached hydrogens (tertiary/aromatic N) is 3. The van der Waals surface area contributed by atoms with E-state index in [0.717, 1.165) is 6.07 Å². The van der Waals surface area contributed by atoms with Crippen LogP contribution in [0.1, 0.15) is 5.56 Å². The summed E-state index contributed by atoms with van der Waals surface area (Å²) in [6, 6.07) is 3.64. The largest absolute Gasteiger partial charge is 0.573 e. The van der Waals surface area contributed by atoms with E-state index < -0.39 is 11.9 Å². The van der Waals surface area contributed by atoms with Crippen molar-refractivity contribution in [2.24, 2.45) is 0 Å². The van der Waals surface area contributed by atoms with E-state index >= 15 is 0 Å². The van der Waals surface area contributed by atoms with Crippen LogP contribution in [-0.4, -0.2) is 26.6 Å². The molecule has 23 heavy (non-hydrogen) atoms. The summed E-state index contributed by atoms with van der Waals surface area (Å²) < 4.78 is 44.8. The van der Waals surface area contributed by atoms with Gasteiger partial charge in [0.2, 0.25) is 11.3 Å². The number of aryl methyl sites for hydroxylation is 1. The van der Waals surface area contributed by atoms with E-state index in [2.05, 4.69) is 35.0 Å². The Bertz CT molecular complexity index is 918. The highest BCUT2D eigenvalue weighted by molar-refractivity contribution is 5.68. The van der Waals surface area contributed by atoms with E-state index in [-0.39, 0.29) is 22.9 Å². The van der Waals surface area contributed by atoms with Gasteiger partial charge < -0.3 is 10.1 Å². The zero-order valence-corrected chi connectivity index (χ0v) is 11.4. The van der Waals surface area contributed by atoms with Crippen molar-refractivity contribution in [2.45, 2.75) is 13.3 Å². The van der Waals surface area contributed by atoms with Gasteiger partial charge in [0.05, 0.1) is 0 Å². The van der Waals surface area contributed by atoms with Crippen LogP contribution in [0.15, 0.2) is 27.6 Å². The first kappa shape index (κ1) is 14.8. The maximum atomic E-state index is 12.2. The van der Waals surface area contributed by atoms with Crippen LogP contribution in [0.4, 0.5) is 24.7 Å². The van der Waals surface area contributed by atoms with Crippen molar-refractivity contribution in [2.75, 3.05) is 5.32 Å². The Hall–Kier alpha value is -3.11. The lowest BCUT2D eigenvalue weighted by Gasteiger charge is -2.12. The van der Waals surface area contributed by atoms with E-state index in [1.54, 1.807) is 6.92 Å². The molecule has 2 heterocycles. The molecule has 0 aliphatic carbocycles. The number of alkyl halides is 3. The van der Waals surface area contributed by atoms with Crippen molar-refractivity contribution in [1.82, 2.24) is 20.3 Å². The molecule has 0 amide bonds. The molecule has 0 bridgehead atoms. The molecule has 0 saturated heterocycles. The summed E-state index contributed by atoms with van der Waals surface area (Å²) in [6.07, 6.45) is -4.77. The first-order valence-corrected chi connectivity index (χ1v) is 6.18. The van der Waals surface area contributed by atoms with E-state index in [1.165, 1.54) is 12.1 Å². The van der Waals surface area contributed by atoms with E-state index in [4.69, 9.17) is 0 Å². The maximum absolute atomic E-state index is 12.2. The van der Waals surface area contributed by atoms with Crippen molar-refractivity contribution in [3.63, 3.8) is 0 Å². The zero-order valence-electron chi connectivity index (χ0n) is 11.4. The lowest BCUT2D eigenvalue weighted by Crippen LogP contribution is -2.17. The minimum Gasteiger partial charge on any atom is -0.406 e. The maximum Gasteiger partial charge on any atom is 0.573 e. The number of benzene rings is 1. The fraction of sp³-hybridized carbons (Fsp3) is 0.167. The summed E-state index contributed by atoms with van der Waals surface area (Å²) in [6.45, 7) is 1.55. The predicted molar refractivity (Wildman–Crippen MR) is 71.4 cm³/mol. The Morgan fingerprint density at radius 1 is 1.30 bits per heavy atom. The van der Waals surface area contributed by atoms with Gasteiger partial charge in [-0.25, -0.2) is 4.63 Å². The first-order valence-electron chi connectivity index (χ1n) is 6.18. The normalized spacial score (nSPS) is 11.7. The second kappa shape index (κ2) is 5.26. The van der Waals surface area contributed by atoms with Gasteiger partial charge in [0.1, 0.15) is 5.75 Å². The van der Waals surface area contributed by atoms with Crippen LogP contribution in [0.3, 0.4) is 0 Å². The number of anilines is 2. The predicted octanol–water partition coefficient (Wildman–Crippen LogP) is 2.26. The Morgan fingerprint density at radius 2 is 2.09 bits per heavy atom. The molecule has 2 aromatic heterocycles. The van der Waals surface area contributed by atoms with Gasteiger partial charge in [-0.15, -0.1) is 13.2 Å². The molecule has 0 unspecified atom stereocenters. The van der Waals surface area contributed by atoms with Gasteiger partial charge in [-0.2, -0.15) is 4.98 Å². The van der Waals surface area contributed by atoms with Gasteiger partial charge in [-0.1, -0.05) is 0 Å². The summed E-state index contributed by atoms with van der Waals surface area (Å²) in [4.78, 5) is 18.2. The number of nitrogens with one attached hydrogen (secondary N) is 2. The van der Waals surface area contributed by atoms with Crippen molar-refractivity contribution in [3.8, 4) is 5.75 Å². The van der Waals surface area contributed by atoms with Crippen LogP contribution in [0, 0.1) is 6.92 Å². The number of hydrogen-bond donors (Lipinski definition) is 2. The molecule has 0 fully saturated rings. The monoisotopic (exact) mass is 327 g/mol. The van der Waals surface area contributed by atoms with Crippen molar-refractivity contribution in [3.05, 3.63) is 34.1 Å². The molecule has 0 aliphatic heterocycles. The number of H-pyrrole nitrogens is 1. The Labute approximate surface area is 125 Å². The fourth-order valence-corrected chi connectivity index (χ4v) is 1.85. The number of hydrogen-bond acceptors (Lipinski definition) is 7. The lowest BCUT2D eigenvalue weighted by atomic mass is 10.2. The van der Waals surface area contributed by atoms with Crippen LogP contribution in [0.5, 0.6) is 5.75 Å². The van der Waals surface area contributed by atoms with Crippen LogP contribution in [-0.2, 0) is 0 Å². The third-order valence-corrected chi connectivity index (χ3v) is 2.82. The summed E-state index contributed by atoms with van der Waals surface area (Å²) >= 11 is 0. The second-order valence-corrected chi connectivity index (χ2v) is 4.50. The highest BCUT2D eigenvalue weighted by atomic mass is 19.4. The second-order valence-electron chi connectivity index (χ2n) is 4.50. The minimum atomic E-state index is -4.77. The summed E-state index contributed by atoms with van der Waals surface area (Å²) in [7, 11) is 0. The average molecular weight is 327 g/mol. The number of aromatic amines is 1. The standard InChI is InChI=1S/C12H8F3N5O3/c1-5-4-6(22-12(13,14)15)2-3-7(5)16-10-11(21)18-9-8(17-10)19-23-20-9/h2-4H,1H3,(H,16,17,19)(H,18,20,21). The van der Waals surface area contributed by atoms with Gasteiger partial charge >= 0.3 is 6.36 Å². The minimum absolute atomic E-state index is 0.0850. The molecule has 8 nitrogen and oxygen atoms in total. The number of fused-ring (bicyclic) bond motifs is 1. The van der Waals surface area contributed by atoms with E-state index in [0.29, 0.717) is 11.3 Å². The van der Waals surface area contributed by atoms with Gasteiger partial charge in [-0.05, 0) is 41.0 Å². The Morgan fingerprint density at radius 3 is 2.78 bits per heavy atom. The third kappa shape index (κ3) is 3.22. The van der Waals surface area contributed by atoms with Crippen LogP contribution >= 0.6 is 0 Å². The fourth-order valence-electron chi connectivity index (χ4n) is 1.85. The third-order valence-electron chi connectivity index (χ3n) is 2.82. The van der Waals surface area contributed by atoms with Crippen molar-refractivity contribution >= 4 is 22.8 Å². The SMILES string of the molecule is Cc1cc(OC(F)(F)F)ccc1Nc1nc2nonc2[nH]c1=O. The molecule has 3 rings (SSSR count). The number of rotatable bonds is 3. The number of aromatic nitrogens is 4. The van der Waals surface area contributed by atoms with Crippen molar-refractivity contribution < 1.29 is 22.5 Å². The molecule has 2 N–H and O–H groups in total. The molecule has 3 aromatic rings. The number of halogens is 3. The topological polar surface area (TPSA) is 106 Å². The molecule has 0 radical (unpaired) electrons. The molecular formula is C12H8F3N5O3. The molecule has 0 spiro atoms. The number of ether oxygens (including phenoxy) is 1. The quantitative estimate of drug-likeness (QED) is 0.760. The van der Waals surface area contributed by atoms with Gasteiger partial charge in [0.15, 0.2) is 5.82 Å². The van der Waals surface area contributed by atoms with E-state index in [1.807, 2.05) is 0 Å². The van der Waals surface area contributed by atoms with Gasteiger partial charge in [-0.3, -0.25) is 9.78 Å². The Kier molecular flexibility index (Phi) is 3.39. The first-order chi connectivity index (χ1) is 10.8. The average Bonchev–Trinajstić information content (AvgIpc) is 2.87. The van der Waals surface area contributed by atoms with E-state index in [9.17, 15) is 18.0 Å². The smallest absolute Gasteiger partial charge is 0.406 e. The summed E-state index contributed by atoms with van der Waals surface area (Å²) in [5.74, 6) is -0.459. The molecule has 1 aromatic carbocycles. The molecule has 0 aliphatic rings. The highest BCUT2D eigenvalue weighted by Crippen LogP contribution is 2.27. The van der Waals surface area contributed by atoms with Crippen molar-refractivity contribution in [1.29, 1.82) is 0 Å². The lowest BCUT2D eigenvalue weighted by molar-refractivity contribution is -0.274. The van der Waals surface area contributed by atoms with Crippen LogP contribution in [0.25, 0.3) is 11.3 Å². The van der Waals surface area contributed by atoms with Crippen LogP contribution in [0.2, 0.25) is 0 Å². The molecule has 0 saturated carbocycles. The summed E-state index contributed by atoms with van der Waals surface area (Å²) in [5.41, 5.74) is 0.399. The van der Waals surface area contributed by atoms with Gasteiger partial charge in [0, 0.05) is 5.69 Å². The molecule has 120 valence electrons. The zero-order chi connectivity index (χ0) is 16.6. The Balaban J connectivity index is 1.89. The molecule has 11 heteroatoms. The molecular weight excluding hydrogens is 319 g/mol. The highest BCUT2D eigenvalue weighted by Gasteiger charge is 2.31. The van der Waals surface area contributed by atoms with Gasteiger partial charge in [0.25, 0.3) is 5.56 Å². The molecule has 0 atom stereocenters. The summed E-state index contributed by atoms with van der Waals surface area (Å²) in [5, 5.41) is 9.63.